The number of imidazole rings is 1. The molecule has 0 atom stereocenters. The summed E-state index contributed by atoms with van der Waals surface area (Å²) in [5.74, 6) is -0.385. The van der Waals surface area contributed by atoms with E-state index >= 15 is 0 Å². The number of nitrogens with one attached hydrogen (secondary N) is 4. The minimum Gasteiger partial charge on any atom is -0.467 e. The molecule has 0 saturated carbocycles. The monoisotopic (exact) mass is 319 g/mol. The standard InChI is InChI=1S/C14H17N5O4/c1-9(20)15-4-5-16-14(22)12-17-8-11(19-12)13(21)18-7-10-3-2-6-23-10/h2-3,6,8H,4-5,7H2,1H3,(H,15,20)(H,16,22)(H,17,19)(H,18,21). The third-order valence-corrected chi connectivity index (χ3v) is 2.82. The van der Waals surface area contributed by atoms with Crippen LogP contribution in [0.5, 0.6) is 0 Å². The van der Waals surface area contributed by atoms with Gasteiger partial charge in [0.25, 0.3) is 11.8 Å². The minimum absolute atomic E-state index is 0.0240. The fraction of sp³-hybridized carbons (Fsp3) is 0.286. The molecule has 0 fully saturated rings. The number of aromatic nitrogens is 2. The molecule has 2 aromatic heterocycles. The van der Waals surface area contributed by atoms with Crippen LogP contribution in [0.1, 0.15) is 33.8 Å². The number of hydrogen-bond donors (Lipinski definition) is 4. The highest BCUT2D eigenvalue weighted by atomic mass is 16.3. The molecule has 23 heavy (non-hydrogen) atoms. The van der Waals surface area contributed by atoms with E-state index in [9.17, 15) is 14.4 Å². The highest BCUT2D eigenvalue weighted by Gasteiger charge is 2.14. The van der Waals surface area contributed by atoms with Crippen molar-refractivity contribution in [2.24, 2.45) is 0 Å². The van der Waals surface area contributed by atoms with E-state index < -0.39 is 11.8 Å². The van der Waals surface area contributed by atoms with Gasteiger partial charge < -0.3 is 25.4 Å². The first-order valence-electron chi connectivity index (χ1n) is 6.94. The van der Waals surface area contributed by atoms with Crippen LogP contribution in [0, 0.1) is 0 Å². The van der Waals surface area contributed by atoms with Crippen molar-refractivity contribution in [2.45, 2.75) is 13.5 Å². The maximum atomic E-state index is 11.9. The van der Waals surface area contributed by atoms with Crippen LogP contribution in [0.25, 0.3) is 0 Å². The number of rotatable bonds is 7. The van der Waals surface area contributed by atoms with E-state index in [0.29, 0.717) is 12.3 Å². The normalized spacial score (nSPS) is 10.1. The van der Waals surface area contributed by atoms with Crippen LogP contribution in [0.4, 0.5) is 0 Å². The van der Waals surface area contributed by atoms with Crippen LogP contribution in [-0.2, 0) is 11.3 Å². The molecule has 0 aromatic carbocycles. The first-order chi connectivity index (χ1) is 11.1. The van der Waals surface area contributed by atoms with Crippen molar-refractivity contribution >= 4 is 17.7 Å². The Hall–Kier alpha value is -3.10. The van der Waals surface area contributed by atoms with Crippen LogP contribution < -0.4 is 16.0 Å². The quantitative estimate of drug-likeness (QED) is 0.525. The van der Waals surface area contributed by atoms with Gasteiger partial charge in [-0.3, -0.25) is 14.4 Å². The Kier molecular flexibility index (Phi) is 5.50. The van der Waals surface area contributed by atoms with Crippen LogP contribution in [0.3, 0.4) is 0 Å². The minimum atomic E-state index is -0.458. The SMILES string of the molecule is CC(=O)NCCNC(=O)c1ncc(C(=O)NCc2ccco2)[nH]1. The second kappa shape index (κ2) is 7.78. The number of H-pyrrole nitrogens is 1. The molecular weight excluding hydrogens is 302 g/mol. The molecule has 0 aliphatic rings. The molecule has 0 saturated heterocycles. The topological polar surface area (TPSA) is 129 Å². The van der Waals surface area contributed by atoms with Gasteiger partial charge in [0.2, 0.25) is 5.91 Å². The van der Waals surface area contributed by atoms with Gasteiger partial charge in [-0.15, -0.1) is 0 Å². The summed E-state index contributed by atoms with van der Waals surface area (Å²) in [4.78, 5) is 40.9. The van der Waals surface area contributed by atoms with Gasteiger partial charge in [0, 0.05) is 20.0 Å². The maximum absolute atomic E-state index is 11.9. The number of carbonyl (C=O) groups is 3. The van der Waals surface area contributed by atoms with E-state index in [1.807, 2.05) is 0 Å². The first-order valence-corrected chi connectivity index (χ1v) is 6.94. The number of hydrogen-bond acceptors (Lipinski definition) is 5. The molecule has 122 valence electrons. The summed E-state index contributed by atoms with van der Waals surface area (Å²) in [6, 6.07) is 3.46. The Morgan fingerprint density at radius 2 is 1.96 bits per heavy atom. The van der Waals surface area contributed by atoms with Crippen molar-refractivity contribution in [3.63, 3.8) is 0 Å². The molecule has 0 aliphatic heterocycles. The predicted molar refractivity (Wildman–Crippen MR) is 79.5 cm³/mol. The molecule has 0 unspecified atom stereocenters. The smallest absolute Gasteiger partial charge is 0.287 e. The van der Waals surface area contributed by atoms with Gasteiger partial charge in [0.15, 0.2) is 5.82 Å². The van der Waals surface area contributed by atoms with Crippen LogP contribution in [-0.4, -0.2) is 40.8 Å². The summed E-state index contributed by atoms with van der Waals surface area (Å²) in [5, 5.41) is 7.75. The number of aromatic amines is 1. The lowest BCUT2D eigenvalue weighted by Crippen LogP contribution is -2.34. The number of carbonyl (C=O) groups excluding carboxylic acids is 3. The molecule has 3 amide bonds. The molecule has 2 aromatic rings. The lowest BCUT2D eigenvalue weighted by molar-refractivity contribution is -0.118. The second-order valence-corrected chi connectivity index (χ2v) is 4.65. The average Bonchev–Trinajstić information content (AvgIpc) is 3.19. The zero-order chi connectivity index (χ0) is 16.7. The molecule has 4 N–H and O–H groups in total. The Balaban J connectivity index is 1.80. The van der Waals surface area contributed by atoms with Gasteiger partial charge in [-0.05, 0) is 12.1 Å². The van der Waals surface area contributed by atoms with Gasteiger partial charge in [-0.1, -0.05) is 0 Å². The first kappa shape index (κ1) is 16.3. The number of amides is 3. The van der Waals surface area contributed by atoms with Crippen LogP contribution in [0.15, 0.2) is 29.0 Å². The number of furan rings is 1. The molecule has 2 heterocycles. The van der Waals surface area contributed by atoms with Gasteiger partial charge >= 0.3 is 0 Å². The van der Waals surface area contributed by atoms with Crippen molar-refractivity contribution in [2.75, 3.05) is 13.1 Å². The third kappa shape index (κ3) is 4.99. The zero-order valence-electron chi connectivity index (χ0n) is 12.5. The molecule has 9 nitrogen and oxygen atoms in total. The van der Waals surface area contributed by atoms with Crippen molar-refractivity contribution in [1.82, 2.24) is 25.9 Å². The maximum Gasteiger partial charge on any atom is 0.287 e. The molecule has 0 radical (unpaired) electrons. The Morgan fingerprint density at radius 3 is 2.65 bits per heavy atom. The molecule has 0 bridgehead atoms. The van der Waals surface area contributed by atoms with E-state index in [1.54, 1.807) is 12.1 Å². The van der Waals surface area contributed by atoms with E-state index in [0.717, 1.165) is 0 Å². The van der Waals surface area contributed by atoms with Crippen molar-refractivity contribution in [3.8, 4) is 0 Å². The average molecular weight is 319 g/mol. The second-order valence-electron chi connectivity index (χ2n) is 4.65. The molecule has 9 heteroatoms. The Morgan fingerprint density at radius 1 is 1.17 bits per heavy atom. The fourth-order valence-corrected chi connectivity index (χ4v) is 1.73. The Bertz CT molecular complexity index is 677. The summed E-state index contributed by atoms with van der Waals surface area (Å²) >= 11 is 0. The van der Waals surface area contributed by atoms with E-state index in [-0.39, 0.29) is 30.5 Å². The van der Waals surface area contributed by atoms with Crippen LogP contribution >= 0.6 is 0 Å². The molecule has 0 spiro atoms. The summed E-state index contributed by atoms with van der Waals surface area (Å²) in [6.45, 7) is 2.21. The number of nitrogens with zero attached hydrogens (tertiary/aromatic N) is 1. The molecule has 2 rings (SSSR count). The van der Waals surface area contributed by atoms with E-state index in [2.05, 4.69) is 25.9 Å². The fourth-order valence-electron chi connectivity index (χ4n) is 1.73. The molecular formula is C14H17N5O4. The lowest BCUT2D eigenvalue weighted by atomic mass is 10.4. The van der Waals surface area contributed by atoms with E-state index in [1.165, 1.54) is 19.4 Å². The van der Waals surface area contributed by atoms with E-state index in [4.69, 9.17) is 4.42 Å². The van der Waals surface area contributed by atoms with Crippen molar-refractivity contribution in [1.29, 1.82) is 0 Å². The summed E-state index contributed by atoms with van der Waals surface area (Å²) < 4.78 is 5.10. The van der Waals surface area contributed by atoms with Gasteiger partial charge in [0.1, 0.15) is 11.5 Å². The van der Waals surface area contributed by atoms with Gasteiger partial charge in [-0.2, -0.15) is 0 Å². The van der Waals surface area contributed by atoms with Crippen molar-refractivity contribution in [3.05, 3.63) is 41.9 Å². The largest absolute Gasteiger partial charge is 0.467 e. The highest BCUT2D eigenvalue weighted by molar-refractivity contribution is 5.95. The van der Waals surface area contributed by atoms with Gasteiger partial charge in [0.05, 0.1) is 19.0 Å². The van der Waals surface area contributed by atoms with Crippen molar-refractivity contribution < 1.29 is 18.8 Å². The lowest BCUT2D eigenvalue weighted by Gasteiger charge is -2.03. The zero-order valence-corrected chi connectivity index (χ0v) is 12.5. The Labute approximate surface area is 131 Å². The summed E-state index contributed by atoms with van der Waals surface area (Å²) in [6.07, 6.45) is 2.79. The summed E-state index contributed by atoms with van der Waals surface area (Å²) in [7, 11) is 0. The highest BCUT2D eigenvalue weighted by Crippen LogP contribution is 2.01. The summed E-state index contributed by atoms with van der Waals surface area (Å²) in [5.41, 5.74) is 0.170. The van der Waals surface area contributed by atoms with Gasteiger partial charge in [-0.25, -0.2) is 4.98 Å². The van der Waals surface area contributed by atoms with Crippen LogP contribution in [0.2, 0.25) is 0 Å². The molecule has 0 aliphatic carbocycles. The predicted octanol–water partition coefficient (Wildman–Crippen LogP) is -0.201. The third-order valence-electron chi connectivity index (χ3n) is 2.82.